The van der Waals surface area contributed by atoms with Gasteiger partial charge in [0.25, 0.3) is 0 Å². The summed E-state index contributed by atoms with van der Waals surface area (Å²) in [7, 11) is 1.59. The highest BCUT2D eigenvalue weighted by Gasteiger charge is 2.17. The molecule has 4 nitrogen and oxygen atoms in total. The number of anilines is 1. The summed E-state index contributed by atoms with van der Waals surface area (Å²) in [6.07, 6.45) is 0. The standard InChI is InChI=1S/C21H22N2O2S/c1-13-8-7-9-16-14(2)12-19(23-20(13)16)26-15(3)21(24)22-17-10-5-6-11-18(17)25-4/h5-12,15H,1-4H3,(H,22,24)/t15-/m1/s1. The second-order valence-corrected chi connectivity index (χ2v) is 7.56. The van der Waals surface area contributed by atoms with Gasteiger partial charge in [-0.15, -0.1) is 0 Å². The Morgan fingerprint density at radius 3 is 2.65 bits per heavy atom. The molecule has 2 aromatic carbocycles. The third kappa shape index (κ3) is 3.83. The van der Waals surface area contributed by atoms with E-state index in [9.17, 15) is 4.79 Å². The van der Waals surface area contributed by atoms with Crippen molar-refractivity contribution < 1.29 is 9.53 Å². The van der Waals surface area contributed by atoms with Crippen LogP contribution in [0.1, 0.15) is 18.1 Å². The molecule has 0 saturated carbocycles. The van der Waals surface area contributed by atoms with Gasteiger partial charge in [-0.2, -0.15) is 0 Å². The van der Waals surface area contributed by atoms with Crippen LogP contribution in [-0.2, 0) is 4.79 Å². The summed E-state index contributed by atoms with van der Waals surface area (Å²) in [5, 5.41) is 4.65. The number of amides is 1. The van der Waals surface area contributed by atoms with E-state index < -0.39 is 0 Å². The fraction of sp³-hybridized carbons (Fsp3) is 0.238. The molecule has 1 atom stereocenters. The van der Waals surface area contributed by atoms with Crippen molar-refractivity contribution in [2.24, 2.45) is 0 Å². The fourth-order valence-electron chi connectivity index (χ4n) is 2.81. The fourth-order valence-corrected chi connectivity index (χ4v) is 3.73. The number of carbonyl (C=O) groups is 1. The van der Waals surface area contributed by atoms with Gasteiger partial charge in [0.1, 0.15) is 5.75 Å². The number of fused-ring (bicyclic) bond motifs is 1. The molecule has 1 amide bonds. The first-order valence-corrected chi connectivity index (χ1v) is 9.35. The van der Waals surface area contributed by atoms with E-state index in [-0.39, 0.29) is 11.2 Å². The summed E-state index contributed by atoms with van der Waals surface area (Å²) < 4.78 is 5.29. The highest BCUT2D eigenvalue weighted by Crippen LogP contribution is 2.29. The molecule has 5 heteroatoms. The second kappa shape index (κ2) is 7.79. The van der Waals surface area contributed by atoms with Crippen molar-refractivity contribution in [2.75, 3.05) is 12.4 Å². The van der Waals surface area contributed by atoms with E-state index in [0.29, 0.717) is 11.4 Å². The van der Waals surface area contributed by atoms with Gasteiger partial charge >= 0.3 is 0 Å². The smallest absolute Gasteiger partial charge is 0.237 e. The molecular formula is C21H22N2O2S. The van der Waals surface area contributed by atoms with Gasteiger partial charge in [-0.3, -0.25) is 4.79 Å². The van der Waals surface area contributed by atoms with Crippen LogP contribution in [0.25, 0.3) is 10.9 Å². The van der Waals surface area contributed by atoms with Crippen LogP contribution in [0.5, 0.6) is 5.75 Å². The summed E-state index contributed by atoms with van der Waals surface area (Å²) in [4.78, 5) is 17.3. The number of hydrogen-bond acceptors (Lipinski definition) is 4. The number of rotatable bonds is 5. The highest BCUT2D eigenvalue weighted by atomic mass is 32.2. The Kier molecular flexibility index (Phi) is 5.47. The molecule has 134 valence electrons. The molecular weight excluding hydrogens is 344 g/mol. The van der Waals surface area contributed by atoms with Crippen molar-refractivity contribution in [3.05, 3.63) is 59.7 Å². The van der Waals surface area contributed by atoms with Gasteiger partial charge in [0.05, 0.1) is 28.6 Å². The topological polar surface area (TPSA) is 51.2 Å². The lowest BCUT2D eigenvalue weighted by Crippen LogP contribution is -2.22. The van der Waals surface area contributed by atoms with E-state index in [2.05, 4.69) is 31.3 Å². The van der Waals surface area contributed by atoms with Gasteiger partial charge in [-0.25, -0.2) is 4.98 Å². The number of para-hydroxylation sites is 3. The van der Waals surface area contributed by atoms with Gasteiger partial charge in [0.15, 0.2) is 0 Å². The largest absolute Gasteiger partial charge is 0.495 e. The lowest BCUT2D eigenvalue weighted by molar-refractivity contribution is -0.115. The summed E-state index contributed by atoms with van der Waals surface area (Å²) in [5.41, 5.74) is 3.97. The third-order valence-electron chi connectivity index (χ3n) is 4.26. The predicted octanol–water partition coefficient (Wildman–Crippen LogP) is 4.98. The lowest BCUT2D eigenvalue weighted by atomic mass is 10.1. The molecule has 0 saturated heterocycles. The Hall–Kier alpha value is -2.53. The molecule has 3 rings (SSSR count). The summed E-state index contributed by atoms with van der Waals surface area (Å²) >= 11 is 1.46. The van der Waals surface area contributed by atoms with Gasteiger partial charge in [-0.05, 0) is 50.1 Å². The van der Waals surface area contributed by atoms with Gasteiger partial charge in [-0.1, -0.05) is 42.1 Å². The van der Waals surface area contributed by atoms with Gasteiger partial charge < -0.3 is 10.1 Å². The SMILES string of the molecule is COc1ccccc1NC(=O)[C@@H](C)Sc1cc(C)c2cccc(C)c2n1. The number of aryl methyl sites for hydroxylation is 2. The van der Waals surface area contributed by atoms with Crippen molar-refractivity contribution in [1.29, 1.82) is 0 Å². The average Bonchev–Trinajstić information content (AvgIpc) is 2.63. The third-order valence-corrected chi connectivity index (χ3v) is 5.27. The summed E-state index contributed by atoms with van der Waals surface area (Å²) in [6, 6.07) is 15.6. The number of hydrogen-bond donors (Lipinski definition) is 1. The normalized spacial score (nSPS) is 12.0. The quantitative estimate of drug-likeness (QED) is 0.647. The lowest BCUT2D eigenvalue weighted by Gasteiger charge is -2.15. The number of aromatic nitrogens is 1. The number of methoxy groups -OCH3 is 1. The first kappa shape index (κ1) is 18.3. The summed E-state index contributed by atoms with van der Waals surface area (Å²) in [5.74, 6) is 0.567. The number of nitrogens with zero attached hydrogens (tertiary/aromatic N) is 1. The average molecular weight is 366 g/mol. The summed E-state index contributed by atoms with van der Waals surface area (Å²) in [6.45, 7) is 6.02. The van der Waals surface area contributed by atoms with E-state index in [1.807, 2.05) is 43.3 Å². The molecule has 0 aliphatic rings. The van der Waals surface area contributed by atoms with Crippen LogP contribution in [0.3, 0.4) is 0 Å². The minimum Gasteiger partial charge on any atom is -0.495 e. The van der Waals surface area contributed by atoms with Crippen LogP contribution >= 0.6 is 11.8 Å². The van der Waals surface area contributed by atoms with Crippen LogP contribution in [0.4, 0.5) is 5.69 Å². The minimum atomic E-state index is -0.284. The Bertz CT molecular complexity index is 956. The number of pyridine rings is 1. The molecule has 0 radical (unpaired) electrons. The van der Waals surface area contributed by atoms with Crippen molar-refractivity contribution in [3.63, 3.8) is 0 Å². The molecule has 0 unspecified atom stereocenters. The number of nitrogens with one attached hydrogen (secondary N) is 1. The molecule has 0 spiro atoms. The van der Waals surface area contributed by atoms with E-state index in [1.165, 1.54) is 17.3 Å². The Labute approximate surface area is 158 Å². The van der Waals surface area contributed by atoms with Crippen molar-refractivity contribution in [3.8, 4) is 5.75 Å². The van der Waals surface area contributed by atoms with Gasteiger partial charge in [0.2, 0.25) is 5.91 Å². The van der Waals surface area contributed by atoms with Crippen molar-refractivity contribution in [1.82, 2.24) is 4.98 Å². The molecule has 1 heterocycles. The zero-order valence-electron chi connectivity index (χ0n) is 15.4. The van der Waals surface area contributed by atoms with Crippen molar-refractivity contribution >= 4 is 34.3 Å². The highest BCUT2D eigenvalue weighted by molar-refractivity contribution is 8.00. The Morgan fingerprint density at radius 2 is 1.88 bits per heavy atom. The monoisotopic (exact) mass is 366 g/mol. The first-order valence-electron chi connectivity index (χ1n) is 8.47. The zero-order valence-corrected chi connectivity index (χ0v) is 16.2. The molecule has 3 aromatic rings. The maximum atomic E-state index is 12.6. The molecule has 26 heavy (non-hydrogen) atoms. The second-order valence-electron chi connectivity index (χ2n) is 6.20. The van der Waals surface area contributed by atoms with Crippen LogP contribution in [-0.4, -0.2) is 23.3 Å². The van der Waals surface area contributed by atoms with Crippen LogP contribution in [0.15, 0.2) is 53.6 Å². The van der Waals surface area contributed by atoms with Crippen LogP contribution in [0.2, 0.25) is 0 Å². The first-order chi connectivity index (χ1) is 12.5. The molecule has 0 aliphatic carbocycles. The molecule has 1 N–H and O–H groups in total. The van der Waals surface area contributed by atoms with Crippen LogP contribution in [0, 0.1) is 13.8 Å². The number of thioether (sulfide) groups is 1. The van der Waals surface area contributed by atoms with Gasteiger partial charge in [0, 0.05) is 5.39 Å². The zero-order chi connectivity index (χ0) is 18.7. The molecule has 0 aliphatic heterocycles. The minimum absolute atomic E-state index is 0.0798. The molecule has 0 bridgehead atoms. The Morgan fingerprint density at radius 1 is 1.12 bits per heavy atom. The van der Waals surface area contributed by atoms with E-state index in [4.69, 9.17) is 9.72 Å². The maximum absolute atomic E-state index is 12.6. The number of benzene rings is 2. The van der Waals surface area contributed by atoms with Crippen LogP contribution < -0.4 is 10.1 Å². The Balaban J connectivity index is 1.79. The molecule has 0 fully saturated rings. The predicted molar refractivity (Wildman–Crippen MR) is 108 cm³/mol. The van der Waals surface area contributed by atoms with Crippen molar-refractivity contribution in [2.45, 2.75) is 31.0 Å². The van der Waals surface area contributed by atoms with E-state index >= 15 is 0 Å². The number of carbonyl (C=O) groups excluding carboxylic acids is 1. The molecule has 1 aromatic heterocycles. The van der Waals surface area contributed by atoms with E-state index in [0.717, 1.165) is 21.5 Å². The maximum Gasteiger partial charge on any atom is 0.237 e. The number of ether oxygens (including phenoxy) is 1. The van der Waals surface area contributed by atoms with E-state index in [1.54, 1.807) is 7.11 Å².